The summed E-state index contributed by atoms with van der Waals surface area (Å²) in [6.45, 7) is -2.94. The molecule has 0 fully saturated rings. The van der Waals surface area contributed by atoms with Crippen LogP contribution in [-0.2, 0) is 4.79 Å². The quantitative estimate of drug-likeness (QED) is 0.684. The Morgan fingerprint density at radius 3 is 2.74 bits per heavy atom. The zero-order valence-electron chi connectivity index (χ0n) is 11.6. The number of ether oxygens (including phenoxy) is 1. The second-order valence-corrected chi connectivity index (χ2v) is 5.75. The van der Waals surface area contributed by atoms with Crippen molar-refractivity contribution < 1.29 is 18.3 Å². The Bertz CT molecular complexity index is 738. The second-order valence-electron chi connectivity index (χ2n) is 4.39. The van der Waals surface area contributed by atoms with E-state index in [4.69, 9.17) is 11.6 Å². The van der Waals surface area contributed by atoms with Gasteiger partial charge in [0.2, 0.25) is 5.91 Å². The maximum absolute atomic E-state index is 12.4. The van der Waals surface area contributed by atoms with Crippen LogP contribution in [0.5, 0.6) is 5.75 Å². The molecule has 0 unspecified atom stereocenters. The molecular weight excluding hydrogens is 392 g/mol. The van der Waals surface area contributed by atoms with Gasteiger partial charge in [0.1, 0.15) is 5.75 Å². The highest BCUT2D eigenvalue weighted by atomic mass is 79.9. The number of rotatable bonds is 5. The van der Waals surface area contributed by atoms with Crippen LogP contribution in [0.4, 0.5) is 14.5 Å². The standard InChI is InChI=1S/C16H11BrClF2NO2/c17-11-5-6-14(23-16(19)20)10(8-11)4-7-15(22)21-13-3-1-2-12(18)9-13/h1-9,16H,(H,21,22)/b7-4+. The summed E-state index contributed by atoms with van der Waals surface area (Å²) in [5, 5.41) is 3.11. The molecule has 2 aromatic rings. The van der Waals surface area contributed by atoms with Crippen LogP contribution in [0.2, 0.25) is 5.02 Å². The van der Waals surface area contributed by atoms with E-state index in [0.717, 1.165) is 0 Å². The predicted octanol–water partition coefficient (Wildman–Crippen LogP) is 5.36. The van der Waals surface area contributed by atoms with Gasteiger partial charge in [-0.1, -0.05) is 33.6 Å². The van der Waals surface area contributed by atoms with Crippen LogP contribution in [0.1, 0.15) is 5.56 Å². The maximum Gasteiger partial charge on any atom is 0.387 e. The summed E-state index contributed by atoms with van der Waals surface area (Å²) in [6, 6.07) is 11.2. The molecule has 2 aromatic carbocycles. The van der Waals surface area contributed by atoms with E-state index in [0.29, 0.717) is 20.7 Å². The lowest BCUT2D eigenvalue weighted by Gasteiger charge is -2.08. The Morgan fingerprint density at radius 1 is 1.26 bits per heavy atom. The number of amides is 1. The van der Waals surface area contributed by atoms with Crippen molar-refractivity contribution in [1.82, 2.24) is 0 Å². The third kappa shape index (κ3) is 5.65. The van der Waals surface area contributed by atoms with Crippen molar-refractivity contribution in [3.05, 3.63) is 63.6 Å². The number of carbonyl (C=O) groups is 1. The summed E-state index contributed by atoms with van der Waals surface area (Å²) in [7, 11) is 0. The van der Waals surface area contributed by atoms with Crippen LogP contribution in [-0.4, -0.2) is 12.5 Å². The average molecular weight is 403 g/mol. The van der Waals surface area contributed by atoms with Crippen molar-refractivity contribution in [3.63, 3.8) is 0 Å². The van der Waals surface area contributed by atoms with Gasteiger partial charge < -0.3 is 10.1 Å². The van der Waals surface area contributed by atoms with E-state index in [1.54, 1.807) is 36.4 Å². The summed E-state index contributed by atoms with van der Waals surface area (Å²) in [4.78, 5) is 11.9. The second kappa shape index (κ2) is 8.08. The van der Waals surface area contributed by atoms with Crippen molar-refractivity contribution in [3.8, 4) is 5.75 Å². The van der Waals surface area contributed by atoms with E-state index in [1.165, 1.54) is 18.2 Å². The molecular formula is C16H11BrClF2NO2. The molecule has 1 N–H and O–H groups in total. The SMILES string of the molecule is O=C(/C=C/c1cc(Br)ccc1OC(F)F)Nc1cccc(Cl)c1. The predicted molar refractivity (Wildman–Crippen MR) is 89.9 cm³/mol. The molecule has 0 saturated carbocycles. The highest BCUT2D eigenvalue weighted by Gasteiger charge is 2.09. The number of benzene rings is 2. The number of alkyl halides is 2. The number of hydrogen-bond acceptors (Lipinski definition) is 2. The van der Waals surface area contributed by atoms with Gasteiger partial charge >= 0.3 is 6.61 Å². The Balaban J connectivity index is 2.12. The summed E-state index contributed by atoms with van der Waals surface area (Å²) >= 11 is 9.06. The van der Waals surface area contributed by atoms with Crippen molar-refractivity contribution in [2.24, 2.45) is 0 Å². The van der Waals surface area contributed by atoms with Crippen LogP contribution in [0.25, 0.3) is 6.08 Å². The first-order valence-electron chi connectivity index (χ1n) is 6.43. The smallest absolute Gasteiger partial charge is 0.387 e. The number of nitrogens with one attached hydrogen (secondary N) is 1. The highest BCUT2D eigenvalue weighted by molar-refractivity contribution is 9.10. The van der Waals surface area contributed by atoms with Crippen LogP contribution < -0.4 is 10.1 Å². The first-order chi connectivity index (χ1) is 10.9. The molecule has 0 spiro atoms. The molecule has 1 amide bonds. The molecule has 0 aliphatic heterocycles. The van der Waals surface area contributed by atoms with Gasteiger partial charge in [0.15, 0.2) is 0 Å². The summed E-state index contributed by atoms with van der Waals surface area (Å²) < 4.78 is 29.8. The number of carbonyl (C=O) groups excluding carboxylic acids is 1. The Morgan fingerprint density at radius 2 is 2.04 bits per heavy atom. The van der Waals surface area contributed by atoms with Crippen LogP contribution >= 0.6 is 27.5 Å². The van der Waals surface area contributed by atoms with Crippen molar-refractivity contribution in [1.29, 1.82) is 0 Å². The van der Waals surface area contributed by atoms with Gasteiger partial charge in [-0.25, -0.2) is 0 Å². The van der Waals surface area contributed by atoms with Gasteiger partial charge in [0, 0.05) is 26.8 Å². The van der Waals surface area contributed by atoms with Gasteiger partial charge in [-0.05, 0) is 42.5 Å². The van der Waals surface area contributed by atoms with Gasteiger partial charge in [-0.3, -0.25) is 4.79 Å². The van der Waals surface area contributed by atoms with Gasteiger partial charge in [-0.15, -0.1) is 0 Å². The molecule has 120 valence electrons. The lowest BCUT2D eigenvalue weighted by atomic mass is 10.2. The van der Waals surface area contributed by atoms with Crippen LogP contribution in [0, 0.1) is 0 Å². The average Bonchev–Trinajstić information content (AvgIpc) is 2.47. The highest BCUT2D eigenvalue weighted by Crippen LogP contribution is 2.26. The molecule has 0 radical (unpaired) electrons. The number of halogens is 4. The molecule has 23 heavy (non-hydrogen) atoms. The summed E-state index contributed by atoms with van der Waals surface area (Å²) in [5.74, 6) is -0.440. The first-order valence-corrected chi connectivity index (χ1v) is 7.60. The fourth-order valence-electron chi connectivity index (χ4n) is 1.77. The molecule has 0 bridgehead atoms. The molecule has 0 saturated heterocycles. The lowest BCUT2D eigenvalue weighted by molar-refractivity contribution is -0.111. The molecule has 2 rings (SSSR count). The van der Waals surface area contributed by atoms with E-state index in [9.17, 15) is 13.6 Å². The van der Waals surface area contributed by atoms with Crippen molar-refractivity contribution in [2.45, 2.75) is 6.61 Å². The van der Waals surface area contributed by atoms with E-state index in [-0.39, 0.29) is 5.75 Å². The lowest BCUT2D eigenvalue weighted by Crippen LogP contribution is -2.07. The van der Waals surface area contributed by atoms with Crippen LogP contribution in [0.3, 0.4) is 0 Å². The number of anilines is 1. The minimum atomic E-state index is -2.94. The van der Waals surface area contributed by atoms with Crippen molar-refractivity contribution in [2.75, 3.05) is 5.32 Å². The molecule has 7 heteroatoms. The molecule has 3 nitrogen and oxygen atoms in total. The molecule has 0 atom stereocenters. The minimum Gasteiger partial charge on any atom is -0.434 e. The third-order valence-corrected chi connectivity index (χ3v) is 3.42. The normalized spacial score (nSPS) is 11.0. The van der Waals surface area contributed by atoms with E-state index >= 15 is 0 Å². The maximum atomic E-state index is 12.4. The van der Waals surface area contributed by atoms with E-state index < -0.39 is 12.5 Å². The topological polar surface area (TPSA) is 38.3 Å². The zero-order valence-corrected chi connectivity index (χ0v) is 13.9. The summed E-state index contributed by atoms with van der Waals surface area (Å²) in [5.41, 5.74) is 0.881. The fraction of sp³-hybridized carbons (Fsp3) is 0.0625. The van der Waals surface area contributed by atoms with Crippen LogP contribution in [0.15, 0.2) is 53.0 Å². The zero-order chi connectivity index (χ0) is 16.8. The molecule has 0 aliphatic carbocycles. The molecule has 0 heterocycles. The van der Waals surface area contributed by atoms with Gasteiger partial charge in [-0.2, -0.15) is 8.78 Å². The Labute approximate surface area is 145 Å². The monoisotopic (exact) mass is 401 g/mol. The van der Waals surface area contributed by atoms with Crippen molar-refractivity contribution >= 4 is 45.2 Å². The van der Waals surface area contributed by atoms with Gasteiger partial charge in [0.25, 0.3) is 0 Å². The van der Waals surface area contributed by atoms with E-state index in [2.05, 4.69) is 26.0 Å². The largest absolute Gasteiger partial charge is 0.434 e. The third-order valence-electron chi connectivity index (χ3n) is 2.69. The Kier molecular flexibility index (Phi) is 6.12. The summed E-state index contributed by atoms with van der Waals surface area (Å²) in [6.07, 6.45) is 2.61. The minimum absolute atomic E-state index is 0.0185. The number of hydrogen-bond donors (Lipinski definition) is 1. The van der Waals surface area contributed by atoms with E-state index in [1.807, 2.05) is 0 Å². The van der Waals surface area contributed by atoms with Gasteiger partial charge in [0.05, 0.1) is 0 Å². The Hall–Kier alpha value is -1.92. The molecule has 0 aliphatic rings. The molecule has 0 aromatic heterocycles. The fourth-order valence-corrected chi connectivity index (χ4v) is 2.34. The first kappa shape index (κ1) is 17.4.